The molecule has 0 spiro atoms. The van der Waals surface area contributed by atoms with E-state index in [9.17, 15) is 9.59 Å². The second-order valence-corrected chi connectivity index (χ2v) is 4.90. The van der Waals surface area contributed by atoms with Gasteiger partial charge in [-0.3, -0.25) is 9.69 Å². The summed E-state index contributed by atoms with van der Waals surface area (Å²) in [6, 6.07) is 4.86. The number of carbonyl (C=O) groups excluding carboxylic acids is 1. The highest BCUT2D eigenvalue weighted by molar-refractivity contribution is 5.88. The fourth-order valence-corrected chi connectivity index (χ4v) is 2.31. The second-order valence-electron chi connectivity index (χ2n) is 4.90. The van der Waals surface area contributed by atoms with E-state index in [1.165, 1.54) is 0 Å². The van der Waals surface area contributed by atoms with Crippen molar-refractivity contribution in [1.29, 1.82) is 0 Å². The number of carbonyl (C=O) groups is 2. The van der Waals surface area contributed by atoms with Crippen LogP contribution in [0.1, 0.15) is 28.4 Å². The predicted molar refractivity (Wildman–Crippen MR) is 75.3 cm³/mol. The van der Waals surface area contributed by atoms with Crippen LogP contribution in [0.5, 0.6) is 0 Å². The number of benzene rings is 1. The zero-order valence-corrected chi connectivity index (χ0v) is 11.4. The molecule has 1 aromatic carbocycles. The average Bonchev–Trinajstić information content (AvgIpc) is 2.86. The van der Waals surface area contributed by atoms with Crippen LogP contribution in [-0.4, -0.2) is 34.5 Å². The minimum Gasteiger partial charge on any atom is -0.478 e. The van der Waals surface area contributed by atoms with Crippen LogP contribution >= 0.6 is 0 Å². The predicted octanol–water partition coefficient (Wildman–Crippen LogP) is 1.39. The van der Waals surface area contributed by atoms with Crippen LogP contribution in [0.4, 0.5) is 0 Å². The monoisotopic (exact) mass is 274 g/mol. The number of nitrogens with one attached hydrogen (secondary N) is 1. The fourth-order valence-electron chi connectivity index (χ4n) is 2.31. The first kappa shape index (κ1) is 14.3. The summed E-state index contributed by atoms with van der Waals surface area (Å²) in [5.41, 5.74) is 2.35. The molecule has 0 radical (unpaired) electrons. The SMILES string of the molecule is C=CCNC(=O)C(C)N1Cc2ccc(C(=O)O)cc2C1. The first-order valence-electron chi connectivity index (χ1n) is 6.50. The molecule has 0 fully saturated rings. The van der Waals surface area contributed by atoms with Crippen molar-refractivity contribution in [3.05, 3.63) is 47.5 Å². The van der Waals surface area contributed by atoms with E-state index in [4.69, 9.17) is 5.11 Å². The van der Waals surface area contributed by atoms with Crippen LogP contribution in [0.2, 0.25) is 0 Å². The molecule has 0 aromatic heterocycles. The van der Waals surface area contributed by atoms with Gasteiger partial charge in [-0.05, 0) is 30.2 Å². The van der Waals surface area contributed by atoms with Crippen LogP contribution in [0.15, 0.2) is 30.9 Å². The van der Waals surface area contributed by atoms with Gasteiger partial charge in [0.2, 0.25) is 5.91 Å². The highest BCUT2D eigenvalue weighted by atomic mass is 16.4. The van der Waals surface area contributed by atoms with Gasteiger partial charge < -0.3 is 10.4 Å². The van der Waals surface area contributed by atoms with Crippen LogP contribution in [-0.2, 0) is 17.9 Å². The molecule has 2 rings (SSSR count). The largest absolute Gasteiger partial charge is 0.478 e. The Hall–Kier alpha value is -2.14. The van der Waals surface area contributed by atoms with Crippen molar-refractivity contribution >= 4 is 11.9 Å². The Kier molecular flexibility index (Phi) is 4.20. The first-order chi connectivity index (χ1) is 9.52. The van der Waals surface area contributed by atoms with Gasteiger partial charge in [-0.25, -0.2) is 4.79 Å². The van der Waals surface area contributed by atoms with Gasteiger partial charge in [0.25, 0.3) is 0 Å². The highest BCUT2D eigenvalue weighted by Gasteiger charge is 2.27. The number of fused-ring (bicyclic) bond motifs is 1. The molecule has 1 unspecified atom stereocenters. The normalized spacial score (nSPS) is 15.4. The third-order valence-electron chi connectivity index (χ3n) is 3.55. The molecule has 1 aliphatic rings. The molecular weight excluding hydrogens is 256 g/mol. The molecule has 0 bridgehead atoms. The molecule has 0 saturated carbocycles. The molecule has 1 atom stereocenters. The second kappa shape index (κ2) is 5.88. The molecule has 0 saturated heterocycles. The van der Waals surface area contributed by atoms with Gasteiger partial charge in [0.1, 0.15) is 0 Å². The lowest BCUT2D eigenvalue weighted by atomic mass is 10.1. The molecule has 1 amide bonds. The van der Waals surface area contributed by atoms with E-state index >= 15 is 0 Å². The van der Waals surface area contributed by atoms with Crippen LogP contribution < -0.4 is 5.32 Å². The molecule has 1 aromatic rings. The number of rotatable bonds is 5. The molecular formula is C15H18N2O3. The number of nitrogens with zero attached hydrogens (tertiary/aromatic N) is 1. The maximum absolute atomic E-state index is 11.9. The quantitative estimate of drug-likeness (QED) is 0.796. The zero-order chi connectivity index (χ0) is 14.7. The standard InChI is InChI=1S/C15H18N2O3/c1-3-6-16-14(18)10(2)17-8-12-5-4-11(15(19)20)7-13(12)9-17/h3-5,7,10H,1,6,8-9H2,2H3,(H,16,18)(H,19,20). The van der Waals surface area contributed by atoms with E-state index in [0.29, 0.717) is 19.6 Å². The van der Waals surface area contributed by atoms with Crippen LogP contribution in [0.25, 0.3) is 0 Å². The van der Waals surface area contributed by atoms with Crippen molar-refractivity contribution in [3.63, 3.8) is 0 Å². The number of aromatic carboxylic acids is 1. The van der Waals surface area contributed by atoms with Crippen LogP contribution in [0.3, 0.4) is 0 Å². The van der Waals surface area contributed by atoms with Gasteiger partial charge >= 0.3 is 5.97 Å². The number of hydrogen-bond donors (Lipinski definition) is 2. The van der Waals surface area contributed by atoms with Gasteiger partial charge in [-0.15, -0.1) is 6.58 Å². The Morgan fingerprint density at radius 3 is 2.80 bits per heavy atom. The smallest absolute Gasteiger partial charge is 0.335 e. The number of carboxylic acid groups (broad SMARTS) is 1. The molecule has 5 nitrogen and oxygen atoms in total. The first-order valence-corrected chi connectivity index (χ1v) is 6.50. The number of hydrogen-bond acceptors (Lipinski definition) is 3. The summed E-state index contributed by atoms with van der Waals surface area (Å²) in [7, 11) is 0. The van der Waals surface area contributed by atoms with Gasteiger partial charge in [-0.2, -0.15) is 0 Å². The van der Waals surface area contributed by atoms with Gasteiger partial charge in [0.15, 0.2) is 0 Å². The molecule has 1 aliphatic heterocycles. The van der Waals surface area contributed by atoms with E-state index in [-0.39, 0.29) is 17.5 Å². The summed E-state index contributed by atoms with van der Waals surface area (Å²) in [5, 5.41) is 11.8. The van der Waals surface area contributed by atoms with Gasteiger partial charge in [-0.1, -0.05) is 12.1 Å². The average molecular weight is 274 g/mol. The Bertz CT molecular complexity index is 554. The maximum Gasteiger partial charge on any atom is 0.335 e. The lowest BCUT2D eigenvalue weighted by molar-refractivity contribution is -0.125. The van der Waals surface area contributed by atoms with Gasteiger partial charge in [0, 0.05) is 19.6 Å². The summed E-state index contributed by atoms with van der Waals surface area (Å²) in [6.07, 6.45) is 1.64. The van der Waals surface area contributed by atoms with Crippen molar-refractivity contribution < 1.29 is 14.7 Å². The minimum absolute atomic E-state index is 0.0452. The molecule has 1 heterocycles. The Balaban J connectivity index is 2.07. The highest BCUT2D eigenvalue weighted by Crippen LogP contribution is 2.25. The number of amides is 1. The third kappa shape index (κ3) is 2.88. The Morgan fingerprint density at radius 1 is 1.45 bits per heavy atom. The van der Waals surface area contributed by atoms with Crippen molar-refractivity contribution in [2.45, 2.75) is 26.1 Å². The Morgan fingerprint density at radius 2 is 2.15 bits per heavy atom. The lowest BCUT2D eigenvalue weighted by Crippen LogP contribution is -2.42. The summed E-state index contributed by atoms with van der Waals surface area (Å²) >= 11 is 0. The summed E-state index contributed by atoms with van der Waals surface area (Å²) in [4.78, 5) is 24.9. The van der Waals surface area contributed by atoms with Gasteiger partial charge in [0.05, 0.1) is 11.6 Å². The van der Waals surface area contributed by atoms with E-state index in [1.807, 2.05) is 17.9 Å². The lowest BCUT2D eigenvalue weighted by Gasteiger charge is -2.22. The van der Waals surface area contributed by atoms with E-state index in [0.717, 1.165) is 11.1 Å². The van der Waals surface area contributed by atoms with E-state index < -0.39 is 5.97 Å². The third-order valence-corrected chi connectivity index (χ3v) is 3.55. The number of carboxylic acids is 1. The van der Waals surface area contributed by atoms with Crippen molar-refractivity contribution in [3.8, 4) is 0 Å². The molecule has 2 N–H and O–H groups in total. The topological polar surface area (TPSA) is 69.6 Å². The molecule has 5 heteroatoms. The minimum atomic E-state index is -0.928. The van der Waals surface area contributed by atoms with Crippen molar-refractivity contribution in [1.82, 2.24) is 10.2 Å². The summed E-state index contributed by atoms with van der Waals surface area (Å²) < 4.78 is 0. The molecule has 20 heavy (non-hydrogen) atoms. The van der Waals surface area contributed by atoms with Crippen molar-refractivity contribution in [2.24, 2.45) is 0 Å². The summed E-state index contributed by atoms with van der Waals surface area (Å²) in [5.74, 6) is -0.973. The van der Waals surface area contributed by atoms with E-state index in [2.05, 4.69) is 11.9 Å². The molecule has 0 aliphatic carbocycles. The maximum atomic E-state index is 11.9. The van der Waals surface area contributed by atoms with E-state index in [1.54, 1.807) is 18.2 Å². The zero-order valence-electron chi connectivity index (χ0n) is 11.4. The Labute approximate surface area is 117 Å². The van der Waals surface area contributed by atoms with Crippen LogP contribution in [0, 0.1) is 0 Å². The fraction of sp³-hybridized carbons (Fsp3) is 0.333. The van der Waals surface area contributed by atoms with Crippen molar-refractivity contribution in [2.75, 3.05) is 6.54 Å². The molecule has 106 valence electrons. The summed E-state index contributed by atoms with van der Waals surface area (Å²) in [6.45, 7) is 7.13.